The molecule has 1 N–H and O–H groups in total. The van der Waals surface area contributed by atoms with Gasteiger partial charge in [0, 0.05) is 25.1 Å². The van der Waals surface area contributed by atoms with Crippen LogP contribution >= 0.6 is 0 Å². The van der Waals surface area contributed by atoms with E-state index in [0.717, 1.165) is 0 Å². The molecule has 0 bridgehead atoms. The van der Waals surface area contributed by atoms with Crippen LogP contribution in [0.25, 0.3) is 0 Å². The molecule has 1 aromatic carbocycles. The zero-order valence-corrected chi connectivity index (χ0v) is 12.9. The summed E-state index contributed by atoms with van der Waals surface area (Å²) in [5, 5.41) is 2.90. The van der Waals surface area contributed by atoms with Crippen LogP contribution in [0.1, 0.15) is 20.8 Å². The Morgan fingerprint density at radius 2 is 1.75 bits per heavy atom. The van der Waals surface area contributed by atoms with Crippen LogP contribution in [0.4, 0.5) is 5.69 Å². The molecular weight excluding hydrogens is 257 g/mol. The summed E-state index contributed by atoms with van der Waals surface area (Å²) in [5.41, 5.74) is 0.781. The maximum Gasteiger partial charge on any atom is 0.495 e. The van der Waals surface area contributed by atoms with Crippen molar-refractivity contribution >= 4 is 24.2 Å². The highest BCUT2D eigenvalue weighted by molar-refractivity contribution is 6.63. The van der Waals surface area contributed by atoms with E-state index in [4.69, 9.17) is 14.0 Å². The highest BCUT2D eigenvalue weighted by atomic mass is 16.6. The summed E-state index contributed by atoms with van der Waals surface area (Å²) in [7, 11) is 4.08. The van der Waals surface area contributed by atoms with Gasteiger partial charge in [0.15, 0.2) is 0 Å². The number of rotatable bonds is 5. The van der Waals surface area contributed by atoms with Gasteiger partial charge in [-0.15, -0.1) is 0 Å². The molecule has 1 rings (SSSR count). The number of ether oxygens (including phenoxy) is 1. The molecule has 0 radical (unpaired) electrons. The molecule has 0 heterocycles. The Labute approximate surface area is 120 Å². The lowest BCUT2D eigenvalue weighted by Crippen LogP contribution is -2.39. The molecule has 0 spiro atoms. The molecule has 1 aromatic rings. The summed E-state index contributed by atoms with van der Waals surface area (Å²) in [6.45, 7) is 5.55. The van der Waals surface area contributed by atoms with Gasteiger partial charge >= 0.3 is 7.12 Å². The Hall–Kier alpha value is -1.53. The van der Waals surface area contributed by atoms with Crippen molar-refractivity contribution in [3.05, 3.63) is 18.2 Å². The van der Waals surface area contributed by atoms with Crippen molar-refractivity contribution in [1.82, 2.24) is 0 Å². The average Bonchev–Trinajstić information content (AvgIpc) is 2.40. The fourth-order valence-corrected chi connectivity index (χ4v) is 1.70. The Kier molecular flexibility index (Phi) is 5.59. The second-order valence-corrected chi connectivity index (χ2v) is 5.43. The lowest BCUT2D eigenvalue weighted by atomic mass is 9.77. The lowest BCUT2D eigenvalue weighted by molar-refractivity contribution is -0.123. The largest absolute Gasteiger partial charge is 0.495 e. The van der Waals surface area contributed by atoms with Crippen molar-refractivity contribution in [2.75, 3.05) is 26.6 Å². The maximum absolute atomic E-state index is 12.2. The van der Waals surface area contributed by atoms with Crippen molar-refractivity contribution in [2.24, 2.45) is 5.41 Å². The summed E-state index contributed by atoms with van der Waals surface area (Å²) < 4.78 is 15.8. The summed E-state index contributed by atoms with van der Waals surface area (Å²) in [6, 6.07) is 5.44. The minimum atomic E-state index is -0.569. The van der Waals surface area contributed by atoms with Gasteiger partial charge in [0.25, 0.3) is 0 Å². The lowest BCUT2D eigenvalue weighted by Gasteiger charge is -2.22. The van der Waals surface area contributed by atoms with Crippen molar-refractivity contribution in [3.63, 3.8) is 0 Å². The normalized spacial score (nSPS) is 11.1. The molecule has 0 aliphatic carbocycles. The topological polar surface area (TPSA) is 56.8 Å². The third kappa shape index (κ3) is 3.74. The second-order valence-electron chi connectivity index (χ2n) is 5.43. The van der Waals surface area contributed by atoms with E-state index in [2.05, 4.69) is 5.32 Å². The monoisotopic (exact) mass is 279 g/mol. The fourth-order valence-electron chi connectivity index (χ4n) is 1.70. The van der Waals surface area contributed by atoms with E-state index >= 15 is 0 Å². The molecule has 0 aliphatic rings. The fraction of sp³-hybridized carbons (Fsp3) is 0.500. The van der Waals surface area contributed by atoms with Crippen LogP contribution in [0, 0.1) is 5.41 Å². The minimum Gasteiger partial charge on any atom is -0.495 e. The predicted octanol–water partition coefficient (Wildman–Crippen LogP) is 1.67. The molecule has 0 aliphatic heterocycles. The molecule has 5 nitrogen and oxygen atoms in total. The minimum absolute atomic E-state index is 0.103. The highest BCUT2D eigenvalue weighted by Crippen LogP contribution is 2.25. The summed E-state index contributed by atoms with van der Waals surface area (Å²) in [5.74, 6) is 0.466. The van der Waals surface area contributed by atoms with Crippen LogP contribution in [0.2, 0.25) is 0 Å². The molecule has 0 fully saturated rings. The van der Waals surface area contributed by atoms with Crippen LogP contribution in [0.15, 0.2) is 18.2 Å². The predicted molar refractivity (Wildman–Crippen MR) is 80.5 cm³/mol. The average molecular weight is 279 g/mol. The summed E-state index contributed by atoms with van der Waals surface area (Å²) in [4.78, 5) is 12.2. The number of para-hydroxylation sites is 1. The second kappa shape index (κ2) is 6.77. The molecule has 0 atom stereocenters. The molecule has 0 aromatic heterocycles. The number of carbonyl (C=O) groups is 1. The van der Waals surface area contributed by atoms with E-state index < -0.39 is 12.5 Å². The molecule has 6 heteroatoms. The number of amides is 1. The summed E-state index contributed by atoms with van der Waals surface area (Å²) >= 11 is 0. The number of nitrogens with one attached hydrogen (secondary N) is 1. The number of benzene rings is 1. The van der Waals surface area contributed by atoms with Crippen molar-refractivity contribution in [2.45, 2.75) is 20.8 Å². The first-order valence-corrected chi connectivity index (χ1v) is 6.39. The van der Waals surface area contributed by atoms with Crippen molar-refractivity contribution in [3.8, 4) is 5.75 Å². The quantitative estimate of drug-likeness (QED) is 0.833. The van der Waals surface area contributed by atoms with E-state index in [-0.39, 0.29) is 5.91 Å². The third-order valence-corrected chi connectivity index (χ3v) is 2.88. The van der Waals surface area contributed by atoms with E-state index in [0.29, 0.717) is 16.9 Å². The van der Waals surface area contributed by atoms with Gasteiger partial charge in [0.1, 0.15) is 5.75 Å². The van der Waals surface area contributed by atoms with E-state index in [1.165, 1.54) is 0 Å². The zero-order valence-electron chi connectivity index (χ0n) is 12.9. The van der Waals surface area contributed by atoms with Gasteiger partial charge in [-0.3, -0.25) is 4.79 Å². The Balaban J connectivity index is 3.23. The molecular formula is C14H22BNO4. The number of hydrogen-bond donors (Lipinski definition) is 1. The smallest absolute Gasteiger partial charge is 0.495 e. The van der Waals surface area contributed by atoms with Crippen molar-refractivity contribution < 1.29 is 18.8 Å². The number of carbonyl (C=O) groups excluding carboxylic acids is 1. The van der Waals surface area contributed by atoms with Gasteiger partial charge in [-0.2, -0.15) is 0 Å². The van der Waals surface area contributed by atoms with E-state index in [9.17, 15) is 4.79 Å². The van der Waals surface area contributed by atoms with Crippen molar-refractivity contribution in [1.29, 1.82) is 0 Å². The zero-order chi connectivity index (χ0) is 15.3. The number of methoxy groups -OCH3 is 1. The first kappa shape index (κ1) is 16.5. The first-order valence-electron chi connectivity index (χ1n) is 6.39. The number of hydrogen-bond acceptors (Lipinski definition) is 4. The van der Waals surface area contributed by atoms with Gasteiger partial charge in [-0.05, 0) is 6.07 Å². The van der Waals surface area contributed by atoms with Crippen LogP contribution < -0.4 is 15.5 Å². The molecule has 1 amide bonds. The Bertz CT molecular complexity index is 467. The molecule has 0 saturated carbocycles. The summed E-state index contributed by atoms with van der Waals surface area (Å²) in [6.07, 6.45) is 0. The van der Waals surface area contributed by atoms with Crippen LogP contribution in [0.3, 0.4) is 0 Å². The van der Waals surface area contributed by atoms with Crippen LogP contribution in [-0.4, -0.2) is 34.4 Å². The van der Waals surface area contributed by atoms with E-state index in [1.807, 2.05) is 32.9 Å². The maximum atomic E-state index is 12.2. The van der Waals surface area contributed by atoms with Gasteiger partial charge in [0.2, 0.25) is 5.91 Å². The van der Waals surface area contributed by atoms with Crippen LogP contribution in [0.5, 0.6) is 5.75 Å². The molecule has 0 saturated heterocycles. The number of anilines is 1. The Morgan fingerprint density at radius 3 is 2.20 bits per heavy atom. The SMILES string of the molecule is COB(OC)c1cccc(OC)c1NC(=O)C(C)(C)C. The molecule has 110 valence electrons. The third-order valence-electron chi connectivity index (χ3n) is 2.88. The first-order chi connectivity index (χ1) is 9.35. The van der Waals surface area contributed by atoms with Gasteiger partial charge < -0.3 is 19.4 Å². The van der Waals surface area contributed by atoms with Gasteiger partial charge in [-0.1, -0.05) is 32.9 Å². The Morgan fingerprint density at radius 1 is 1.15 bits per heavy atom. The highest BCUT2D eigenvalue weighted by Gasteiger charge is 2.28. The molecule has 20 heavy (non-hydrogen) atoms. The van der Waals surface area contributed by atoms with Gasteiger partial charge in [0.05, 0.1) is 12.8 Å². The van der Waals surface area contributed by atoms with E-state index in [1.54, 1.807) is 27.4 Å². The molecule has 0 unspecified atom stereocenters. The standard InChI is InChI=1S/C14H22BNO4/c1-14(2,3)13(17)16-12-10(15(19-5)20-6)8-7-9-11(12)18-4/h7-9H,1-6H3,(H,16,17). The van der Waals surface area contributed by atoms with Gasteiger partial charge in [-0.25, -0.2) is 0 Å². The van der Waals surface area contributed by atoms with Crippen LogP contribution in [-0.2, 0) is 14.1 Å².